The number of esters is 1. The van der Waals surface area contributed by atoms with Gasteiger partial charge in [-0.2, -0.15) is 0 Å². The number of allylic oxidation sites excluding steroid dienone is 2. The van der Waals surface area contributed by atoms with Crippen LogP contribution in [0.2, 0.25) is 0 Å². The Morgan fingerprint density at radius 3 is 2.59 bits per heavy atom. The zero-order chi connectivity index (χ0) is 16.5. The Morgan fingerprint density at radius 2 is 2.00 bits per heavy atom. The Bertz CT molecular complexity index is 629. The van der Waals surface area contributed by atoms with Crippen LogP contribution in [0, 0.1) is 27.4 Å². The SMILES string of the molecule is CC(C)=C[C@@H]1[C@H](C(=O)OCc2ccccc2[N+](=O)[O-])C1(C)C. The lowest BCUT2D eigenvalue weighted by Crippen LogP contribution is -2.11. The minimum absolute atomic E-state index is 0.0220. The van der Waals surface area contributed by atoms with E-state index in [-0.39, 0.29) is 35.5 Å². The summed E-state index contributed by atoms with van der Waals surface area (Å²) < 4.78 is 5.32. The first-order chi connectivity index (χ1) is 10.2. The number of ether oxygens (including phenoxy) is 1. The van der Waals surface area contributed by atoms with E-state index in [9.17, 15) is 14.9 Å². The van der Waals surface area contributed by atoms with E-state index < -0.39 is 4.92 Å². The van der Waals surface area contributed by atoms with Crippen LogP contribution in [0.15, 0.2) is 35.9 Å². The van der Waals surface area contributed by atoms with Crippen molar-refractivity contribution >= 4 is 11.7 Å². The molecule has 0 aliphatic heterocycles. The van der Waals surface area contributed by atoms with Crippen molar-refractivity contribution in [3.8, 4) is 0 Å². The number of carbonyl (C=O) groups excluding carboxylic acids is 1. The molecule has 1 aromatic rings. The van der Waals surface area contributed by atoms with Crippen molar-refractivity contribution in [3.63, 3.8) is 0 Å². The van der Waals surface area contributed by atoms with Crippen LogP contribution in [0.5, 0.6) is 0 Å². The van der Waals surface area contributed by atoms with Crippen LogP contribution in [0.4, 0.5) is 5.69 Å². The van der Waals surface area contributed by atoms with E-state index >= 15 is 0 Å². The normalized spacial score (nSPS) is 21.8. The van der Waals surface area contributed by atoms with Crippen molar-refractivity contribution in [2.75, 3.05) is 0 Å². The number of hydrogen-bond acceptors (Lipinski definition) is 4. The lowest BCUT2D eigenvalue weighted by atomic mass is 10.1. The van der Waals surface area contributed by atoms with Gasteiger partial charge >= 0.3 is 5.97 Å². The Morgan fingerprint density at radius 1 is 1.36 bits per heavy atom. The van der Waals surface area contributed by atoms with Crippen molar-refractivity contribution in [1.29, 1.82) is 0 Å². The van der Waals surface area contributed by atoms with Crippen molar-refractivity contribution in [2.45, 2.75) is 34.3 Å². The standard InChI is InChI=1S/C17H21NO4/c1-11(2)9-13-15(17(13,3)4)16(19)22-10-12-7-5-6-8-14(12)18(20)21/h5-9,13,15H,10H2,1-4H3/t13-,15-/m1/s1. The minimum Gasteiger partial charge on any atom is -0.460 e. The summed E-state index contributed by atoms with van der Waals surface area (Å²) in [6.45, 7) is 8.01. The second-order valence-corrected chi connectivity index (χ2v) is 6.56. The van der Waals surface area contributed by atoms with Gasteiger partial charge in [-0.3, -0.25) is 14.9 Å². The molecular weight excluding hydrogens is 282 g/mol. The molecule has 1 aromatic carbocycles. The number of benzene rings is 1. The molecule has 5 heteroatoms. The average molecular weight is 303 g/mol. The lowest BCUT2D eigenvalue weighted by molar-refractivity contribution is -0.385. The number of hydrogen-bond donors (Lipinski definition) is 0. The maximum Gasteiger partial charge on any atom is 0.310 e. The van der Waals surface area contributed by atoms with Gasteiger partial charge in [0.2, 0.25) is 0 Å². The zero-order valence-electron chi connectivity index (χ0n) is 13.3. The molecule has 0 heterocycles. The molecule has 0 aromatic heterocycles. The molecule has 22 heavy (non-hydrogen) atoms. The molecule has 1 aliphatic rings. The van der Waals surface area contributed by atoms with Crippen molar-refractivity contribution < 1.29 is 14.5 Å². The average Bonchev–Trinajstić information content (AvgIpc) is 2.96. The van der Waals surface area contributed by atoms with Crippen molar-refractivity contribution in [3.05, 3.63) is 51.6 Å². The predicted octanol–water partition coefficient (Wildman–Crippen LogP) is 3.88. The third kappa shape index (κ3) is 3.18. The van der Waals surface area contributed by atoms with Crippen LogP contribution in [0.3, 0.4) is 0 Å². The van der Waals surface area contributed by atoms with Crippen LogP contribution in [0.25, 0.3) is 0 Å². The predicted molar refractivity (Wildman–Crippen MR) is 83.1 cm³/mol. The lowest BCUT2D eigenvalue weighted by Gasteiger charge is -2.06. The van der Waals surface area contributed by atoms with Gasteiger partial charge in [-0.25, -0.2) is 0 Å². The van der Waals surface area contributed by atoms with Gasteiger partial charge in [0.1, 0.15) is 6.61 Å². The molecule has 2 rings (SSSR count). The van der Waals surface area contributed by atoms with Crippen LogP contribution >= 0.6 is 0 Å². The highest BCUT2D eigenvalue weighted by atomic mass is 16.6. The largest absolute Gasteiger partial charge is 0.460 e. The summed E-state index contributed by atoms with van der Waals surface area (Å²) >= 11 is 0. The number of nitro benzene ring substituents is 1. The Balaban J connectivity index is 2.03. The van der Waals surface area contributed by atoms with Gasteiger partial charge in [0, 0.05) is 6.07 Å². The van der Waals surface area contributed by atoms with Gasteiger partial charge in [-0.1, -0.05) is 37.6 Å². The van der Waals surface area contributed by atoms with Gasteiger partial charge < -0.3 is 4.74 Å². The van der Waals surface area contributed by atoms with Gasteiger partial charge in [-0.15, -0.1) is 0 Å². The maximum absolute atomic E-state index is 12.2. The minimum atomic E-state index is -0.462. The molecule has 0 unspecified atom stereocenters. The Hall–Kier alpha value is -2.17. The van der Waals surface area contributed by atoms with Gasteiger partial charge in [0.05, 0.1) is 16.4 Å². The molecule has 5 nitrogen and oxygen atoms in total. The molecule has 1 saturated carbocycles. The molecule has 0 saturated heterocycles. The highest BCUT2D eigenvalue weighted by molar-refractivity contribution is 5.78. The first-order valence-corrected chi connectivity index (χ1v) is 7.29. The maximum atomic E-state index is 12.2. The first kappa shape index (κ1) is 16.2. The highest BCUT2D eigenvalue weighted by Crippen LogP contribution is 2.59. The summed E-state index contributed by atoms with van der Waals surface area (Å²) in [5.41, 5.74) is 1.45. The third-order valence-electron chi connectivity index (χ3n) is 4.24. The number of carbonyl (C=O) groups is 1. The molecule has 2 atom stereocenters. The van der Waals surface area contributed by atoms with Crippen LogP contribution in [-0.4, -0.2) is 10.9 Å². The van der Waals surface area contributed by atoms with E-state index in [1.165, 1.54) is 11.6 Å². The van der Waals surface area contributed by atoms with Gasteiger partial charge in [0.25, 0.3) is 5.69 Å². The summed E-state index contributed by atoms with van der Waals surface area (Å²) in [5.74, 6) is -0.286. The van der Waals surface area contributed by atoms with E-state index in [1.54, 1.807) is 18.2 Å². The van der Waals surface area contributed by atoms with Crippen LogP contribution in [0.1, 0.15) is 33.3 Å². The van der Waals surface area contributed by atoms with Crippen LogP contribution < -0.4 is 0 Å². The number of nitro groups is 1. The van der Waals surface area contributed by atoms with E-state index in [0.717, 1.165) is 0 Å². The highest BCUT2D eigenvalue weighted by Gasteiger charge is 2.61. The Kier molecular flexibility index (Phi) is 4.35. The smallest absolute Gasteiger partial charge is 0.310 e. The van der Waals surface area contributed by atoms with Crippen LogP contribution in [-0.2, 0) is 16.1 Å². The fraction of sp³-hybridized carbons (Fsp3) is 0.471. The second-order valence-electron chi connectivity index (χ2n) is 6.56. The summed E-state index contributed by atoms with van der Waals surface area (Å²) in [4.78, 5) is 22.7. The summed E-state index contributed by atoms with van der Waals surface area (Å²) in [5, 5.41) is 10.9. The second kappa shape index (κ2) is 5.91. The van der Waals surface area contributed by atoms with E-state index in [1.807, 2.05) is 27.7 Å². The quantitative estimate of drug-likeness (QED) is 0.358. The summed E-state index contributed by atoms with van der Waals surface area (Å²) in [6.07, 6.45) is 2.09. The molecule has 0 radical (unpaired) electrons. The van der Waals surface area contributed by atoms with Gasteiger partial charge in [0.15, 0.2) is 0 Å². The van der Waals surface area contributed by atoms with Gasteiger partial charge in [-0.05, 0) is 31.2 Å². The fourth-order valence-corrected chi connectivity index (χ4v) is 2.85. The number of nitrogens with zero attached hydrogens (tertiary/aromatic N) is 1. The zero-order valence-corrected chi connectivity index (χ0v) is 13.3. The van der Waals surface area contributed by atoms with E-state index in [2.05, 4.69) is 6.08 Å². The molecule has 0 bridgehead atoms. The molecule has 118 valence electrons. The van der Waals surface area contributed by atoms with Crippen molar-refractivity contribution in [1.82, 2.24) is 0 Å². The molecule has 0 N–H and O–H groups in total. The molecular formula is C17H21NO4. The monoisotopic (exact) mass is 303 g/mol. The topological polar surface area (TPSA) is 69.4 Å². The molecule has 1 fully saturated rings. The fourth-order valence-electron chi connectivity index (χ4n) is 2.85. The third-order valence-corrected chi connectivity index (χ3v) is 4.24. The number of para-hydroxylation sites is 1. The molecule has 0 spiro atoms. The summed E-state index contributed by atoms with van der Waals surface area (Å²) in [7, 11) is 0. The molecule has 0 amide bonds. The van der Waals surface area contributed by atoms with E-state index in [0.29, 0.717) is 5.56 Å². The first-order valence-electron chi connectivity index (χ1n) is 7.29. The van der Waals surface area contributed by atoms with E-state index in [4.69, 9.17) is 4.74 Å². The Labute approximate surface area is 130 Å². The van der Waals surface area contributed by atoms with Crippen molar-refractivity contribution in [2.24, 2.45) is 17.3 Å². The number of rotatable bonds is 5. The summed E-state index contributed by atoms with van der Waals surface area (Å²) in [6, 6.07) is 6.31. The molecule has 1 aliphatic carbocycles.